The van der Waals surface area contributed by atoms with Crippen molar-refractivity contribution in [2.24, 2.45) is 0 Å². The average molecular weight is 404 g/mol. The zero-order valence-electron chi connectivity index (χ0n) is 17.2. The van der Waals surface area contributed by atoms with Crippen LogP contribution in [-0.2, 0) is 11.4 Å². The second-order valence-corrected chi connectivity index (χ2v) is 6.84. The van der Waals surface area contributed by atoms with Gasteiger partial charge in [-0.25, -0.2) is 0 Å². The van der Waals surface area contributed by atoms with E-state index in [1.165, 1.54) is 6.92 Å². The van der Waals surface area contributed by atoms with Crippen molar-refractivity contribution in [2.75, 3.05) is 17.7 Å². The first-order valence-corrected chi connectivity index (χ1v) is 9.50. The van der Waals surface area contributed by atoms with Gasteiger partial charge in [0.05, 0.1) is 7.11 Å². The maximum Gasteiger partial charge on any atom is 0.255 e. The number of anilines is 2. The minimum absolute atomic E-state index is 0.174. The zero-order chi connectivity index (χ0) is 21.5. The predicted octanol–water partition coefficient (Wildman–Crippen LogP) is 4.79. The van der Waals surface area contributed by atoms with Gasteiger partial charge >= 0.3 is 0 Å². The van der Waals surface area contributed by atoms with Crippen LogP contribution in [0.15, 0.2) is 66.7 Å². The fraction of sp³-hybridized carbons (Fsp3) is 0.167. The van der Waals surface area contributed by atoms with Gasteiger partial charge in [0.15, 0.2) is 0 Å². The Labute approximate surface area is 175 Å². The molecule has 3 aromatic rings. The maximum atomic E-state index is 12.7. The summed E-state index contributed by atoms with van der Waals surface area (Å²) in [5, 5.41) is 5.54. The largest absolute Gasteiger partial charge is 0.496 e. The van der Waals surface area contributed by atoms with Gasteiger partial charge in [0, 0.05) is 29.4 Å². The van der Waals surface area contributed by atoms with Crippen LogP contribution < -0.4 is 20.1 Å². The number of ether oxygens (including phenoxy) is 2. The van der Waals surface area contributed by atoms with Crippen molar-refractivity contribution in [1.82, 2.24) is 0 Å². The van der Waals surface area contributed by atoms with E-state index in [1.807, 2.05) is 31.2 Å². The summed E-state index contributed by atoms with van der Waals surface area (Å²) in [4.78, 5) is 24.0. The number of nitrogens with one attached hydrogen (secondary N) is 2. The van der Waals surface area contributed by atoms with E-state index in [4.69, 9.17) is 9.47 Å². The van der Waals surface area contributed by atoms with Crippen molar-refractivity contribution in [3.05, 3.63) is 83.4 Å². The summed E-state index contributed by atoms with van der Waals surface area (Å²) in [7, 11) is 1.58. The minimum Gasteiger partial charge on any atom is -0.496 e. The number of hydrogen-bond donors (Lipinski definition) is 2. The molecule has 0 unspecified atom stereocenters. The molecule has 0 aliphatic carbocycles. The molecule has 0 aliphatic rings. The molecule has 154 valence electrons. The highest BCUT2D eigenvalue weighted by Gasteiger charge is 2.12. The van der Waals surface area contributed by atoms with E-state index in [0.717, 1.165) is 16.9 Å². The van der Waals surface area contributed by atoms with Crippen LogP contribution in [0.4, 0.5) is 11.4 Å². The molecular weight excluding hydrogens is 380 g/mol. The average Bonchev–Trinajstić information content (AvgIpc) is 2.73. The van der Waals surface area contributed by atoms with Gasteiger partial charge in [0.25, 0.3) is 5.91 Å². The highest BCUT2D eigenvalue weighted by molar-refractivity contribution is 6.05. The third-order valence-electron chi connectivity index (χ3n) is 4.40. The van der Waals surface area contributed by atoms with Gasteiger partial charge in [-0.3, -0.25) is 9.59 Å². The number of benzene rings is 3. The molecule has 2 amide bonds. The first kappa shape index (κ1) is 20.9. The molecule has 0 aliphatic heterocycles. The number of hydrogen-bond acceptors (Lipinski definition) is 4. The van der Waals surface area contributed by atoms with Gasteiger partial charge in [-0.2, -0.15) is 0 Å². The van der Waals surface area contributed by atoms with E-state index in [1.54, 1.807) is 49.6 Å². The summed E-state index contributed by atoms with van der Waals surface area (Å²) in [5.41, 5.74) is 3.59. The van der Waals surface area contributed by atoms with Crippen LogP contribution in [0.3, 0.4) is 0 Å². The van der Waals surface area contributed by atoms with Gasteiger partial charge < -0.3 is 20.1 Å². The van der Waals surface area contributed by atoms with E-state index < -0.39 is 0 Å². The molecule has 3 aromatic carbocycles. The Balaban J connectivity index is 1.74. The number of rotatable bonds is 7. The van der Waals surface area contributed by atoms with E-state index in [9.17, 15) is 9.59 Å². The molecule has 2 N–H and O–H groups in total. The SMILES string of the molecule is COc1ccc(C(=O)Nc2cccc(NC(C)=O)c2)cc1COc1ccc(C)cc1. The number of methoxy groups -OCH3 is 1. The number of aryl methyl sites for hydroxylation is 1. The quantitative estimate of drug-likeness (QED) is 0.593. The van der Waals surface area contributed by atoms with Crippen LogP contribution in [0, 0.1) is 6.92 Å². The first-order valence-electron chi connectivity index (χ1n) is 9.50. The summed E-state index contributed by atoms with van der Waals surface area (Å²) in [6.07, 6.45) is 0. The second-order valence-electron chi connectivity index (χ2n) is 6.84. The molecule has 0 radical (unpaired) electrons. The van der Waals surface area contributed by atoms with Gasteiger partial charge in [0.1, 0.15) is 18.1 Å². The lowest BCUT2D eigenvalue weighted by Gasteiger charge is -2.13. The molecular formula is C24H24N2O4. The Morgan fingerprint density at radius 1 is 0.900 bits per heavy atom. The van der Waals surface area contributed by atoms with Gasteiger partial charge in [-0.15, -0.1) is 0 Å². The molecule has 0 saturated carbocycles. The lowest BCUT2D eigenvalue weighted by Crippen LogP contribution is -2.13. The Morgan fingerprint density at radius 2 is 1.60 bits per heavy atom. The molecule has 3 rings (SSSR count). The molecule has 6 heteroatoms. The number of amides is 2. The maximum absolute atomic E-state index is 12.7. The van der Waals surface area contributed by atoms with Gasteiger partial charge in [0.2, 0.25) is 5.91 Å². The first-order chi connectivity index (χ1) is 14.4. The van der Waals surface area contributed by atoms with Crippen LogP contribution in [0.25, 0.3) is 0 Å². The van der Waals surface area contributed by atoms with Crippen molar-refractivity contribution in [3.63, 3.8) is 0 Å². The Hall–Kier alpha value is -3.80. The van der Waals surface area contributed by atoms with Crippen molar-refractivity contribution >= 4 is 23.2 Å². The van der Waals surface area contributed by atoms with Crippen molar-refractivity contribution in [2.45, 2.75) is 20.5 Å². The topological polar surface area (TPSA) is 76.7 Å². The van der Waals surface area contributed by atoms with Crippen LogP contribution in [0.2, 0.25) is 0 Å². The molecule has 0 saturated heterocycles. The van der Waals surface area contributed by atoms with Gasteiger partial charge in [-0.1, -0.05) is 23.8 Å². The zero-order valence-corrected chi connectivity index (χ0v) is 17.2. The smallest absolute Gasteiger partial charge is 0.255 e. The normalized spacial score (nSPS) is 10.2. The molecule has 0 bridgehead atoms. The third kappa shape index (κ3) is 5.61. The Bertz CT molecular complexity index is 1050. The minimum atomic E-state index is -0.269. The van der Waals surface area contributed by atoms with Crippen molar-refractivity contribution in [3.8, 4) is 11.5 Å². The Morgan fingerprint density at radius 3 is 2.27 bits per heavy atom. The fourth-order valence-electron chi connectivity index (χ4n) is 2.91. The summed E-state index contributed by atoms with van der Waals surface area (Å²) in [6.45, 7) is 3.72. The summed E-state index contributed by atoms with van der Waals surface area (Å²) in [6, 6.07) is 19.9. The van der Waals surface area contributed by atoms with Gasteiger partial charge in [-0.05, 0) is 55.5 Å². The van der Waals surface area contributed by atoms with E-state index in [-0.39, 0.29) is 18.4 Å². The predicted molar refractivity (Wildman–Crippen MR) is 117 cm³/mol. The fourth-order valence-corrected chi connectivity index (χ4v) is 2.91. The van der Waals surface area contributed by atoms with E-state index in [0.29, 0.717) is 22.7 Å². The second kappa shape index (κ2) is 9.60. The lowest BCUT2D eigenvalue weighted by molar-refractivity contribution is -0.114. The molecule has 0 atom stereocenters. The summed E-state index contributed by atoms with van der Waals surface area (Å²) < 4.78 is 11.3. The van der Waals surface area contributed by atoms with Crippen LogP contribution >= 0.6 is 0 Å². The number of carbonyl (C=O) groups is 2. The van der Waals surface area contributed by atoms with Crippen molar-refractivity contribution in [1.29, 1.82) is 0 Å². The summed E-state index contributed by atoms with van der Waals surface area (Å²) >= 11 is 0. The van der Waals surface area contributed by atoms with Crippen LogP contribution in [0.5, 0.6) is 11.5 Å². The molecule has 6 nitrogen and oxygen atoms in total. The highest BCUT2D eigenvalue weighted by Crippen LogP contribution is 2.23. The summed E-state index contributed by atoms with van der Waals surface area (Å²) in [5.74, 6) is 0.944. The third-order valence-corrected chi connectivity index (χ3v) is 4.40. The Kier molecular flexibility index (Phi) is 6.70. The van der Waals surface area contributed by atoms with Crippen molar-refractivity contribution < 1.29 is 19.1 Å². The number of carbonyl (C=O) groups excluding carboxylic acids is 2. The van der Waals surface area contributed by atoms with Crippen LogP contribution in [-0.4, -0.2) is 18.9 Å². The molecule has 0 aromatic heterocycles. The highest BCUT2D eigenvalue weighted by atomic mass is 16.5. The monoisotopic (exact) mass is 404 g/mol. The van der Waals surface area contributed by atoms with E-state index >= 15 is 0 Å². The lowest BCUT2D eigenvalue weighted by atomic mass is 10.1. The molecule has 30 heavy (non-hydrogen) atoms. The van der Waals surface area contributed by atoms with E-state index in [2.05, 4.69) is 10.6 Å². The standard InChI is InChI=1S/C24H24N2O4/c1-16-7-10-22(11-8-16)30-15-19-13-18(9-12-23(19)29-3)24(28)26-21-6-4-5-20(14-21)25-17(2)27/h4-14H,15H2,1-3H3,(H,25,27)(H,26,28). The molecule has 0 fully saturated rings. The van der Waals surface area contributed by atoms with Crippen LogP contribution in [0.1, 0.15) is 28.4 Å². The molecule has 0 heterocycles. The molecule has 0 spiro atoms.